The number of halogens is 2. The standard InChI is InChI=1S/C24H27ClFNO2/c1-17(2)28-14-6-13-27-15-20-19-8-4-3-7-18(19)11-12-24(20)29-16-21-22(25)9-5-10-23(21)26/h3-5,7-12,17,27H,6,13-16H2,1-2H3. The van der Waals surface area contributed by atoms with Crippen LogP contribution in [0, 0.1) is 5.82 Å². The monoisotopic (exact) mass is 415 g/mol. The first-order valence-corrected chi connectivity index (χ1v) is 10.3. The van der Waals surface area contributed by atoms with Crippen molar-refractivity contribution in [2.75, 3.05) is 13.2 Å². The van der Waals surface area contributed by atoms with Gasteiger partial charge < -0.3 is 14.8 Å². The van der Waals surface area contributed by atoms with E-state index in [0.29, 0.717) is 17.1 Å². The summed E-state index contributed by atoms with van der Waals surface area (Å²) in [6, 6.07) is 16.8. The van der Waals surface area contributed by atoms with Crippen LogP contribution in [0.4, 0.5) is 4.39 Å². The van der Waals surface area contributed by atoms with E-state index in [1.54, 1.807) is 12.1 Å². The van der Waals surface area contributed by atoms with Crippen molar-refractivity contribution >= 4 is 22.4 Å². The van der Waals surface area contributed by atoms with Crippen LogP contribution in [0.15, 0.2) is 54.6 Å². The topological polar surface area (TPSA) is 30.5 Å². The average Bonchev–Trinajstić information content (AvgIpc) is 2.70. The number of benzene rings is 3. The second-order valence-electron chi connectivity index (χ2n) is 7.20. The number of hydrogen-bond acceptors (Lipinski definition) is 3. The van der Waals surface area contributed by atoms with E-state index in [1.807, 2.05) is 38.1 Å². The predicted molar refractivity (Wildman–Crippen MR) is 117 cm³/mol. The SMILES string of the molecule is CC(C)OCCCNCc1c(OCc2c(F)cccc2Cl)ccc2ccccc12. The zero-order valence-corrected chi connectivity index (χ0v) is 17.6. The molecule has 0 saturated heterocycles. The van der Waals surface area contributed by atoms with Crippen LogP contribution < -0.4 is 10.1 Å². The van der Waals surface area contributed by atoms with Gasteiger partial charge in [-0.25, -0.2) is 4.39 Å². The summed E-state index contributed by atoms with van der Waals surface area (Å²) in [5, 5.41) is 6.10. The van der Waals surface area contributed by atoms with Gasteiger partial charge in [0.2, 0.25) is 0 Å². The molecule has 29 heavy (non-hydrogen) atoms. The highest BCUT2D eigenvalue weighted by Gasteiger charge is 2.12. The largest absolute Gasteiger partial charge is 0.488 e. The van der Waals surface area contributed by atoms with Crippen LogP contribution in [0.1, 0.15) is 31.4 Å². The van der Waals surface area contributed by atoms with E-state index in [4.69, 9.17) is 21.1 Å². The third-order valence-electron chi connectivity index (χ3n) is 4.68. The summed E-state index contributed by atoms with van der Waals surface area (Å²) in [5.74, 6) is 0.372. The van der Waals surface area contributed by atoms with Crippen molar-refractivity contribution in [2.24, 2.45) is 0 Å². The average molecular weight is 416 g/mol. The molecule has 3 nitrogen and oxygen atoms in total. The second-order valence-corrected chi connectivity index (χ2v) is 7.61. The van der Waals surface area contributed by atoms with E-state index < -0.39 is 0 Å². The summed E-state index contributed by atoms with van der Waals surface area (Å²) in [5.41, 5.74) is 1.42. The first-order chi connectivity index (χ1) is 14.1. The molecule has 0 aromatic heterocycles. The first-order valence-electron chi connectivity index (χ1n) is 9.95. The fourth-order valence-electron chi connectivity index (χ4n) is 3.18. The van der Waals surface area contributed by atoms with Gasteiger partial charge in [-0.2, -0.15) is 0 Å². The van der Waals surface area contributed by atoms with Crippen LogP contribution in [0.3, 0.4) is 0 Å². The van der Waals surface area contributed by atoms with E-state index in [-0.39, 0.29) is 18.5 Å². The van der Waals surface area contributed by atoms with Crippen molar-refractivity contribution in [1.29, 1.82) is 0 Å². The van der Waals surface area contributed by atoms with Crippen molar-refractivity contribution < 1.29 is 13.9 Å². The quantitative estimate of drug-likeness (QED) is 0.405. The fraction of sp³-hybridized carbons (Fsp3) is 0.333. The van der Waals surface area contributed by atoms with Crippen LogP contribution in [0.2, 0.25) is 5.02 Å². The molecule has 3 aromatic carbocycles. The molecule has 1 N–H and O–H groups in total. The molecular formula is C24H27ClFNO2. The normalized spacial score (nSPS) is 11.3. The van der Waals surface area contributed by atoms with Gasteiger partial charge in [-0.05, 0) is 55.8 Å². The van der Waals surface area contributed by atoms with Gasteiger partial charge in [-0.1, -0.05) is 48.0 Å². The predicted octanol–water partition coefficient (Wildman–Crippen LogP) is 6.12. The Morgan fingerprint density at radius 2 is 1.83 bits per heavy atom. The molecule has 0 fully saturated rings. The number of ether oxygens (including phenoxy) is 2. The van der Waals surface area contributed by atoms with Crippen molar-refractivity contribution in [3.63, 3.8) is 0 Å². The van der Waals surface area contributed by atoms with E-state index in [0.717, 1.165) is 41.7 Å². The van der Waals surface area contributed by atoms with Crippen molar-refractivity contribution in [3.8, 4) is 5.75 Å². The van der Waals surface area contributed by atoms with Gasteiger partial charge in [0.15, 0.2) is 0 Å². The summed E-state index contributed by atoms with van der Waals surface area (Å²) in [4.78, 5) is 0. The van der Waals surface area contributed by atoms with Crippen molar-refractivity contribution in [1.82, 2.24) is 5.32 Å². The Balaban J connectivity index is 1.73. The molecule has 3 aromatic rings. The Bertz CT molecular complexity index is 925. The highest BCUT2D eigenvalue weighted by atomic mass is 35.5. The molecule has 154 valence electrons. The van der Waals surface area contributed by atoms with Crippen molar-refractivity contribution in [3.05, 3.63) is 76.6 Å². The Morgan fingerprint density at radius 3 is 2.62 bits per heavy atom. The van der Waals surface area contributed by atoms with Crippen LogP contribution in [0.5, 0.6) is 5.75 Å². The lowest BCUT2D eigenvalue weighted by Crippen LogP contribution is -2.18. The number of rotatable bonds is 10. The molecule has 0 bridgehead atoms. The lowest BCUT2D eigenvalue weighted by molar-refractivity contribution is 0.0770. The summed E-state index contributed by atoms with van der Waals surface area (Å²) in [6.45, 7) is 6.39. The second kappa shape index (κ2) is 10.6. The Labute approximate surface area is 176 Å². The molecule has 0 saturated carbocycles. The lowest BCUT2D eigenvalue weighted by Gasteiger charge is -2.16. The third-order valence-corrected chi connectivity index (χ3v) is 5.04. The summed E-state index contributed by atoms with van der Waals surface area (Å²) in [7, 11) is 0. The van der Waals surface area contributed by atoms with Gasteiger partial charge in [-0.15, -0.1) is 0 Å². The highest BCUT2D eigenvalue weighted by molar-refractivity contribution is 6.31. The van der Waals surface area contributed by atoms with Crippen LogP contribution >= 0.6 is 11.6 Å². The zero-order chi connectivity index (χ0) is 20.6. The van der Waals surface area contributed by atoms with Crippen LogP contribution in [0.25, 0.3) is 10.8 Å². The third kappa shape index (κ3) is 5.92. The highest BCUT2D eigenvalue weighted by Crippen LogP contribution is 2.30. The number of nitrogens with one attached hydrogen (secondary N) is 1. The first kappa shape index (κ1) is 21.6. The molecule has 0 heterocycles. The van der Waals surface area contributed by atoms with Gasteiger partial charge in [0.05, 0.1) is 11.1 Å². The molecular weight excluding hydrogens is 389 g/mol. The van der Waals surface area contributed by atoms with Gasteiger partial charge in [0, 0.05) is 24.3 Å². The van der Waals surface area contributed by atoms with E-state index in [2.05, 4.69) is 17.4 Å². The van der Waals surface area contributed by atoms with Crippen LogP contribution in [-0.2, 0) is 17.9 Å². The minimum atomic E-state index is -0.358. The smallest absolute Gasteiger partial charge is 0.131 e. The van der Waals surface area contributed by atoms with Gasteiger partial charge in [0.25, 0.3) is 0 Å². The lowest BCUT2D eigenvalue weighted by atomic mass is 10.0. The maximum atomic E-state index is 14.1. The maximum Gasteiger partial charge on any atom is 0.131 e. The minimum absolute atomic E-state index is 0.0824. The zero-order valence-electron chi connectivity index (χ0n) is 16.9. The number of hydrogen-bond donors (Lipinski definition) is 1. The van der Waals surface area contributed by atoms with Gasteiger partial charge in [0.1, 0.15) is 18.2 Å². The Hall–Kier alpha value is -2.14. The van der Waals surface area contributed by atoms with Gasteiger partial charge >= 0.3 is 0 Å². The van der Waals surface area contributed by atoms with E-state index >= 15 is 0 Å². The molecule has 0 aliphatic rings. The fourth-order valence-corrected chi connectivity index (χ4v) is 3.40. The molecule has 0 atom stereocenters. The maximum absolute atomic E-state index is 14.1. The Morgan fingerprint density at radius 1 is 1.00 bits per heavy atom. The molecule has 3 rings (SSSR count). The molecule has 0 aliphatic carbocycles. The van der Waals surface area contributed by atoms with Gasteiger partial charge in [-0.3, -0.25) is 0 Å². The summed E-state index contributed by atoms with van der Waals surface area (Å²) in [6.07, 6.45) is 1.18. The molecule has 0 aliphatic heterocycles. The van der Waals surface area contributed by atoms with Crippen molar-refractivity contribution in [2.45, 2.75) is 39.5 Å². The van der Waals surface area contributed by atoms with Crippen LogP contribution in [-0.4, -0.2) is 19.3 Å². The van der Waals surface area contributed by atoms with E-state index in [9.17, 15) is 4.39 Å². The molecule has 0 spiro atoms. The van der Waals surface area contributed by atoms with E-state index in [1.165, 1.54) is 6.07 Å². The molecule has 0 radical (unpaired) electrons. The summed E-state index contributed by atoms with van der Waals surface area (Å²) >= 11 is 6.14. The Kier molecular flexibility index (Phi) is 7.87. The number of fused-ring (bicyclic) bond motifs is 1. The molecule has 0 amide bonds. The minimum Gasteiger partial charge on any atom is -0.488 e. The molecule has 0 unspecified atom stereocenters. The summed E-state index contributed by atoms with van der Waals surface area (Å²) < 4.78 is 25.7. The molecule has 5 heteroatoms.